The van der Waals surface area contributed by atoms with Crippen LogP contribution in [0.15, 0.2) is 30.3 Å². The third-order valence-corrected chi connectivity index (χ3v) is 1.91. The van der Waals surface area contributed by atoms with Crippen molar-refractivity contribution in [3.8, 4) is 0 Å². The fraction of sp³-hybridized carbons (Fsp3) is 0.273. The first-order valence-corrected chi connectivity index (χ1v) is 3.94. The molecule has 1 aromatic carbocycles. The number of aryl methyl sites for hydroxylation is 1. The molecule has 0 aliphatic carbocycles. The van der Waals surface area contributed by atoms with Crippen LogP contribution in [0.25, 0.3) is 5.57 Å². The van der Waals surface area contributed by atoms with E-state index in [1.165, 1.54) is 16.7 Å². The lowest BCUT2D eigenvalue weighted by atomic mass is 10.1. The highest BCUT2D eigenvalue weighted by Crippen LogP contribution is 2.13. The van der Waals surface area contributed by atoms with Crippen molar-refractivity contribution in [1.82, 2.24) is 0 Å². The first-order chi connectivity index (χ1) is 5.24. The largest absolute Gasteiger partial charge is 0.0841 e. The second-order valence-corrected chi connectivity index (χ2v) is 2.84. The van der Waals surface area contributed by atoms with Gasteiger partial charge in [0, 0.05) is 0 Å². The average molecular weight is 146 g/mol. The fourth-order valence-electron chi connectivity index (χ4n) is 1.06. The summed E-state index contributed by atoms with van der Waals surface area (Å²) in [7, 11) is 0. The van der Waals surface area contributed by atoms with Crippen LogP contribution in [0.5, 0.6) is 0 Å². The molecule has 1 rings (SSSR count). The monoisotopic (exact) mass is 146 g/mol. The Hall–Kier alpha value is -1.04. The van der Waals surface area contributed by atoms with Crippen molar-refractivity contribution < 1.29 is 0 Å². The zero-order valence-electron chi connectivity index (χ0n) is 7.39. The maximum absolute atomic E-state index is 2.20. The molecule has 0 N–H and O–H groups in total. The van der Waals surface area contributed by atoms with Gasteiger partial charge in [-0.2, -0.15) is 0 Å². The van der Waals surface area contributed by atoms with Gasteiger partial charge in [0.05, 0.1) is 0 Å². The van der Waals surface area contributed by atoms with Crippen molar-refractivity contribution >= 4 is 5.57 Å². The van der Waals surface area contributed by atoms with E-state index < -0.39 is 0 Å². The van der Waals surface area contributed by atoms with E-state index in [2.05, 4.69) is 51.1 Å². The molecule has 0 amide bonds. The quantitative estimate of drug-likeness (QED) is 0.569. The minimum atomic E-state index is 1.32. The van der Waals surface area contributed by atoms with Gasteiger partial charge in [-0.25, -0.2) is 0 Å². The van der Waals surface area contributed by atoms with Gasteiger partial charge >= 0.3 is 0 Å². The average Bonchev–Trinajstić information content (AvgIpc) is 2.03. The zero-order valence-corrected chi connectivity index (χ0v) is 7.39. The standard InChI is InChI=1S/C11H14/c1-4-10(3)11-7-5-6-9(2)8-11/h4-8H,1-3H3/b10-4+. The molecule has 0 fully saturated rings. The molecular weight excluding hydrogens is 132 g/mol. The van der Waals surface area contributed by atoms with Crippen molar-refractivity contribution in [2.24, 2.45) is 0 Å². The van der Waals surface area contributed by atoms with Gasteiger partial charge in [0.1, 0.15) is 0 Å². The third kappa shape index (κ3) is 1.94. The van der Waals surface area contributed by atoms with Gasteiger partial charge in [-0.3, -0.25) is 0 Å². The van der Waals surface area contributed by atoms with E-state index in [0.717, 1.165) is 0 Å². The van der Waals surface area contributed by atoms with E-state index in [1.807, 2.05) is 0 Å². The van der Waals surface area contributed by atoms with Crippen LogP contribution in [0.4, 0.5) is 0 Å². The molecule has 0 radical (unpaired) electrons. The van der Waals surface area contributed by atoms with Gasteiger partial charge in [-0.1, -0.05) is 35.9 Å². The van der Waals surface area contributed by atoms with Crippen molar-refractivity contribution in [2.75, 3.05) is 0 Å². The second kappa shape index (κ2) is 3.38. The summed E-state index contributed by atoms with van der Waals surface area (Å²) in [5.74, 6) is 0. The van der Waals surface area contributed by atoms with Crippen LogP contribution in [0.3, 0.4) is 0 Å². The topological polar surface area (TPSA) is 0 Å². The molecule has 0 saturated carbocycles. The SMILES string of the molecule is C/C=C(\C)c1cccc(C)c1. The highest BCUT2D eigenvalue weighted by atomic mass is 14.0. The smallest absolute Gasteiger partial charge is 0.0228 e. The van der Waals surface area contributed by atoms with Gasteiger partial charge in [-0.05, 0) is 31.9 Å². The van der Waals surface area contributed by atoms with Crippen LogP contribution in [0.2, 0.25) is 0 Å². The molecule has 0 aliphatic rings. The molecular formula is C11H14. The summed E-state index contributed by atoms with van der Waals surface area (Å²) in [4.78, 5) is 0. The minimum absolute atomic E-state index is 1.32. The van der Waals surface area contributed by atoms with Crippen molar-refractivity contribution in [3.05, 3.63) is 41.5 Å². The van der Waals surface area contributed by atoms with Crippen molar-refractivity contribution in [1.29, 1.82) is 0 Å². The van der Waals surface area contributed by atoms with E-state index in [0.29, 0.717) is 0 Å². The van der Waals surface area contributed by atoms with E-state index in [4.69, 9.17) is 0 Å². The molecule has 58 valence electrons. The Morgan fingerprint density at radius 3 is 2.64 bits per heavy atom. The summed E-state index contributed by atoms with van der Waals surface area (Å²) < 4.78 is 0. The molecule has 0 heteroatoms. The highest BCUT2D eigenvalue weighted by molar-refractivity contribution is 5.63. The number of hydrogen-bond acceptors (Lipinski definition) is 0. The first-order valence-electron chi connectivity index (χ1n) is 3.94. The lowest BCUT2D eigenvalue weighted by Crippen LogP contribution is -1.79. The Labute approximate surface area is 68.6 Å². The molecule has 0 heterocycles. The van der Waals surface area contributed by atoms with Gasteiger partial charge in [0.15, 0.2) is 0 Å². The van der Waals surface area contributed by atoms with Gasteiger partial charge < -0.3 is 0 Å². The summed E-state index contributed by atoms with van der Waals surface area (Å²) in [5, 5.41) is 0. The third-order valence-electron chi connectivity index (χ3n) is 1.91. The summed E-state index contributed by atoms with van der Waals surface area (Å²) in [6, 6.07) is 8.56. The Kier molecular flexibility index (Phi) is 2.48. The maximum Gasteiger partial charge on any atom is -0.0228 e. The normalized spacial score (nSPS) is 11.7. The van der Waals surface area contributed by atoms with Crippen LogP contribution >= 0.6 is 0 Å². The molecule has 0 aliphatic heterocycles. The molecule has 11 heavy (non-hydrogen) atoms. The Morgan fingerprint density at radius 2 is 2.09 bits per heavy atom. The molecule has 0 bridgehead atoms. The van der Waals surface area contributed by atoms with Crippen LogP contribution in [0, 0.1) is 6.92 Å². The lowest BCUT2D eigenvalue weighted by Gasteiger charge is -2.00. The van der Waals surface area contributed by atoms with E-state index in [-0.39, 0.29) is 0 Å². The fourth-order valence-corrected chi connectivity index (χ4v) is 1.06. The molecule has 0 saturated heterocycles. The molecule has 1 aromatic rings. The molecule has 0 unspecified atom stereocenters. The summed E-state index contributed by atoms with van der Waals surface area (Å²) in [5.41, 5.74) is 3.99. The minimum Gasteiger partial charge on any atom is -0.0841 e. The van der Waals surface area contributed by atoms with Crippen LogP contribution in [-0.4, -0.2) is 0 Å². The number of hydrogen-bond donors (Lipinski definition) is 0. The van der Waals surface area contributed by atoms with Gasteiger partial charge in [0.25, 0.3) is 0 Å². The lowest BCUT2D eigenvalue weighted by molar-refractivity contribution is 1.43. The summed E-state index contributed by atoms with van der Waals surface area (Å²) >= 11 is 0. The molecule has 0 nitrogen and oxygen atoms in total. The number of rotatable bonds is 1. The first kappa shape index (κ1) is 8.06. The molecule has 0 spiro atoms. The molecule has 0 atom stereocenters. The van der Waals surface area contributed by atoms with Crippen LogP contribution in [-0.2, 0) is 0 Å². The summed E-state index contributed by atoms with van der Waals surface area (Å²) in [6.07, 6.45) is 2.13. The predicted octanol–water partition coefficient (Wildman–Crippen LogP) is 3.42. The van der Waals surface area contributed by atoms with Crippen molar-refractivity contribution in [2.45, 2.75) is 20.8 Å². The van der Waals surface area contributed by atoms with E-state index in [1.54, 1.807) is 0 Å². The van der Waals surface area contributed by atoms with Gasteiger partial charge in [0.2, 0.25) is 0 Å². The second-order valence-electron chi connectivity index (χ2n) is 2.84. The predicted molar refractivity (Wildman–Crippen MR) is 50.5 cm³/mol. The van der Waals surface area contributed by atoms with Crippen molar-refractivity contribution in [3.63, 3.8) is 0 Å². The van der Waals surface area contributed by atoms with Crippen LogP contribution < -0.4 is 0 Å². The van der Waals surface area contributed by atoms with Crippen LogP contribution in [0.1, 0.15) is 25.0 Å². The van der Waals surface area contributed by atoms with Gasteiger partial charge in [-0.15, -0.1) is 0 Å². The number of benzene rings is 1. The Morgan fingerprint density at radius 1 is 1.36 bits per heavy atom. The van der Waals surface area contributed by atoms with E-state index in [9.17, 15) is 0 Å². The molecule has 0 aromatic heterocycles. The highest BCUT2D eigenvalue weighted by Gasteiger charge is 1.92. The number of allylic oxidation sites excluding steroid dienone is 2. The summed E-state index contributed by atoms with van der Waals surface area (Å²) in [6.45, 7) is 6.32. The Balaban J connectivity index is 3.06. The van der Waals surface area contributed by atoms with E-state index >= 15 is 0 Å². The maximum atomic E-state index is 2.20. The zero-order chi connectivity index (χ0) is 8.27. The Bertz CT molecular complexity index is 269.